The van der Waals surface area contributed by atoms with Gasteiger partial charge in [-0.15, -0.1) is 0 Å². The van der Waals surface area contributed by atoms with Crippen molar-refractivity contribution in [1.29, 1.82) is 0 Å². The second-order valence-corrected chi connectivity index (χ2v) is 5.59. The Morgan fingerprint density at radius 2 is 2.11 bits per heavy atom. The van der Waals surface area contributed by atoms with Gasteiger partial charge in [0.2, 0.25) is 5.91 Å². The van der Waals surface area contributed by atoms with Crippen molar-refractivity contribution in [2.75, 3.05) is 13.1 Å². The molecule has 1 aromatic carbocycles. The summed E-state index contributed by atoms with van der Waals surface area (Å²) in [6.07, 6.45) is 3.83. The summed E-state index contributed by atoms with van der Waals surface area (Å²) in [4.78, 5) is 13.4. The highest BCUT2D eigenvalue weighted by atomic mass is 35.5. The zero-order valence-corrected chi connectivity index (χ0v) is 12.1. The molecule has 0 bridgehead atoms. The first-order valence-corrected chi connectivity index (χ1v) is 6.83. The molecule has 0 unspecified atom stereocenters. The van der Waals surface area contributed by atoms with Gasteiger partial charge in [0.15, 0.2) is 0 Å². The van der Waals surface area contributed by atoms with E-state index >= 15 is 0 Å². The van der Waals surface area contributed by atoms with Crippen molar-refractivity contribution in [2.24, 2.45) is 0 Å². The minimum atomic E-state index is -0.701. The zero-order chi connectivity index (χ0) is 14.0. The van der Waals surface area contributed by atoms with Gasteiger partial charge in [0.25, 0.3) is 0 Å². The number of β-amino-alcohol motifs (C(OH)–C–C–N with tert-alkyl or cyclic N) is 1. The molecule has 102 valence electrons. The minimum Gasteiger partial charge on any atom is -0.386 e. The van der Waals surface area contributed by atoms with Crippen molar-refractivity contribution < 1.29 is 9.90 Å². The van der Waals surface area contributed by atoms with Crippen LogP contribution in [0.3, 0.4) is 0 Å². The van der Waals surface area contributed by atoms with E-state index in [1.807, 2.05) is 6.92 Å². The van der Waals surface area contributed by atoms with E-state index in [2.05, 4.69) is 0 Å². The van der Waals surface area contributed by atoms with E-state index in [9.17, 15) is 9.90 Å². The van der Waals surface area contributed by atoms with E-state index in [1.165, 1.54) is 6.08 Å². The average molecular weight is 300 g/mol. The van der Waals surface area contributed by atoms with E-state index in [0.717, 1.165) is 5.56 Å². The molecular weight excluding hydrogens is 285 g/mol. The number of halogens is 2. The lowest BCUT2D eigenvalue weighted by molar-refractivity contribution is -0.150. The SMILES string of the molecule is CCC1(O)CN(C(=O)C=Cc2ccc(Cl)c(Cl)c2)C1. The minimum absolute atomic E-state index is 0.107. The first kappa shape index (κ1) is 14.4. The fraction of sp³-hybridized carbons (Fsp3) is 0.357. The van der Waals surface area contributed by atoms with Gasteiger partial charge in [0.1, 0.15) is 0 Å². The molecule has 0 radical (unpaired) electrons. The summed E-state index contributed by atoms with van der Waals surface area (Å²) in [5.41, 5.74) is 0.113. The summed E-state index contributed by atoms with van der Waals surface area (Å²) in [6, 6.07) is 5.18. The van der Waals surface area contributed by atoms with Crippen LogP contribution in [0.4, 0.5) is 0 Å². The molecule has 0 atom stereocenters. The van der Waals surface area contributed by atoms with Gasteiger partial charge in [-0.25, -0.2) is 0 Å². The second kappa shape index (κ2) is 5.53. The molecule has 1 amide bonds. The molecule has 1 saturated heterocycles. The van der Waals surface area contributed by atoms with Crippen molar-refractivity contribution in [3.63, 3.8) is 0 Å². The largest absolute Gasteiger partial charge is 0.386 e. The molecular formula is C14H15Cl2NO2. The van der Waals surface area contributed by atoms with E-state index in [1.54, 1.807) is 29.2 Å². The number of amides is 1. The average Bonchev–Trinajstić information content (AvgIpc) is 2.36. The van der Waals surface area contributed by atoms with E-state index in [-0.39, 0.29) is 5.91 Å². The highest BCUT2D eigenvalue weighted by molar-refractivity contribution is 6.42. The third-order valence-electron chi connectivity index (χ3n) is 3.30. The van der Waals surface area contributed by atoms with Crippen molar-refractivity contribution in [2.45, 2.75) is 18.9 Å². The van der Waals surface area contributed by atoms with Crippen LogP contribution in [0.15, 0.2) is 24.3 Å². The lowest BCUT2D eigenvalue weighted by Gasteiger charge is -2.45. The van der Waals surface area contributed by atoms with Crippen molar-refractivity contribution in [1.82, 2.24) is 4.90 Å². The molecule has 1 fully saturated rings. The van der Waals surface area contributed by atoms with Gasteiger partial charge in [-0.1, -0.05) is 36.2 Å². The topological polar surface area (TPSA) is 40.5 Å². The highest BCUT2D eigenvalue weighted by Gasteiger charge is 2.41. The van der Waals surface area contributed by atoms with Crippen molar-refractivity contribution >= 4 is 35.2 Å². The van der Waals surface area contributed by atoms with Crippen LogP contribution in [0, 0.1) is 0 Å². The van der Waals surface area contributed by atoms with Gasteiger partial charge < -0.3 is 10.0 Å². The summed E-state index contributed by atoms with van der Waals surface area (Å²) in [5.74, 6) is -0.107. The highest BCUT2D eigenvalue weighted by Crippen LogP contribution is 2.25. The molecule has 1 aliphatic heterocycles. The number of aliphatic hydroxyl groups is 1. The van der Waals surface area contributed by atoms with Gasteiger partial charge in [0, 0.05) is 6.08 Å². The Kier molecular flexibility index (Phi) is 4.19. The third kappa shape index (κ3) is 3.30. The van der Waals surface area contributed by atoms with Gasteiger partial charge in [0.05, 0.1) is 28.7 Å². The van der Waals surface area contributed by atoms with Gasteiger partial charge in [-0.05, 0) is 30.2 Å². The Balaban J connectivity index is 1.96. The maximum absolute atomic E-state index is 11.8. The van der Waals surface area contributed by atoms with E-state index in [4.69, 9.17) is 23.2 Å². The van der Waals surface area contributed by atoms with Gasteiger partial charge in [-0.3, -0.25) is 4.79 Å². The lowest BCUT2D eigenvalue weighted by atomic mass is 9.91. The Bertz CT molecular complexity index is 522. The number of hydrogen-bond donors (Lipinski definition) is 1. The van der Waals surface area contributed by atoms with Gasteiger partial charge >= 0.3 is 0 Å². The van der Waals surface area contributed by atoms with Crippen LogP contribution in [0.1, 0.15) is 18.9 Å². The van der Waals surface area contributed by atoms with Crippen LogP contribution < -0.4 is 0 Å². The standard InChI is InChI=1S/C14H15Cl2NO2/c1-2-14(19)8-17(9-14)13(18)6-4-10-3-5-11(15)12(16)7-10/h3-7,19H,2,8-9H2,1H3. The summed E-state index contributed by atoms with van der Waals surface area (Å²) < 4.78 is 0. The molecule has 0 aliphatic carbocycles. The molecule has 0 aromatic heterocycles. The molecule has 0 spiro atoms. The molecule has 1 heterocycles. The van der Waals surface area contributed by atoms with Crippen LogP contribution in [-0.4, -0.2) is 34.6 Å². The molecule has 3 nitrogen and oxygen atoms in total. The summed E-state index contributed by atoms with van der Waals surface area (Å²) in [7, 11) is 0. The molecule has 1 aromatic rings. The van der Waals surface area contributed by atoms with Crippen LogP contribution in [-0.2, 0) is 4.79 Å². The second-order valence-electron chi connectivity index (χ2n) is 4.78. The summed E-state index contributed by atoms with van der Waals surface area (Å²) >= 11 is 11.7. The van der Waals surface area contributed by atoms with Gasteiger partial charge in [-0.2, -0.15) is 0 Å². The maximum Gasteiger partial charge on any atom is 0.246 e. The Morgan fingerprint density at radius 3 is 2.68 bits per heavy atom. The molecule has 1 aliphatic rings. The van der Waals surface area contributed by atoms with Crippen LogP contribution in [0.5, 0.6) is 0 Å². The molecule has 5 heteroatoms. The number of rotatable bonds is 3. The van der Waals surface area contributed by atoms with Crippen LogP contribution >= 0.6 is 23.2 Å². The predicted octanol–water partition coefficient (Wildman–Crippen LogP) is 2.99. The number of carbonyl (C=O) groups is 1. The molecule has 19 heavy (non-hydrogen) atoms. The number of carbonyl (C=O) groups excluding carboxylic acids is 1. The molecule has 2 rings (SSSR count). The van der Waals surface area contributed by atoms with Crippen LogP contribution in [0.2, 0.25) is 10.0 Å². The number of hydrogen-bond acceptors (Lipinski definition) is 2. The van der Waals surface area contributed by atoms with Crippen molar-refractivity contribution in [3.05, 3.63) is 39.9 Å². The van der Waals surface area contributed by atoms with E-state index in [0.29, 0.717) is 29.6 Å². The Labute approximate surface area is 122 Å². The number of benzene rings is 1. The Hall–Kier alpha value is -1.03. The summed E-state index contributed by atoms with van der Waals surface area (Å²) in [6.45, 7) is 2.70. The molecule has 1 N–H and O–H groups in total. The first-order chi connectivity index (χ1) is 8.93. The fourth-order valence-electron chi connectivity index (χ4n) is 1.93. The quantitative estimate of drug-likeness (QED) is 0.872. The Morgan fingerprint density at radius 1 is 1.42 bits per heavy atom. The first-order valence-electron chi connectivity index (χ1n) is 6.08. The lowest BCUT2D eigenvalue weighted by Crippen LogP contribution is -2.62. The van der Waals surface area contributed by atoms with Crippen molar-refractivity contribution in [3.8, 4) is 0 Å². The van der Waals surface area contributed by atoms with Crippen LogP contribution in [0.25, 0.3) is 6.08 Å². The maximum atomic E-state index is 11.8. The third-order valence-corrected chi connectivity index (χ3v) is 4.04. The number of nitrogens with zero attached hydrogens (tertiary/aromatic N) is 1. The van der Waals surface area contributed by atoms with E-state index < -0.39 is 5.60 Å². The normalized spacial score (nSPS) is 17.6. The smallest absolute Gasteiger partial charge is 0.246 e. The summed E-state index contributed by atoms with van der Waals surface area (Å²) in [5, 5.41) is 10.8. The molecule has 0 saturated carbocycles. The monoisotopic (exact) mass is 299 g/mol. The number of likely N-dealkylation sites (tertiary alicyclic amines) is 1. The predicted molar refractivity (Wildman–Crippen MR) is 77.3 cm³/mol. The fourth-order valence-corrected chi connectivity index (χ4v) is 2.24. The zero-order valence-electron chi connectivity index (χ0n) is 10.6.